The lowest BCUT2D eigenvalue weighted by atomic mass is 9.97. The largest absolute Gasteiger partial charge is 0.485 e. The third kappa shape index (κ3) is 3.31. The Morgan fingerprint density at radius 3 is 2.65 bits per heavy atom. The van der Waals surface area contributed by atoms with Gasteiger partial charge in [0.1, 0.15) is 6.61 Å². The van der Waals surface area contributed by atoms with E-state index >= 15 is 0 Å². The third-order valence-corrected chi connectivity index (χ3v) is 4.16. The number of carbonyl (C=O) groups excluding carboxylic acids is 1. The number of benzene rings is 2. The van der Waals surface area contributed by atoms with Crippen molar-refractivity contribution >= 4 is 11.6 Å². The van der Waals surface area contributed by atoms with E-state index in [1.54, 1.807) is 0 Å². The fraction of sp³-hybridized carbons (Fsp3) is 0.316. The lowest BCUT2D eigenvalue weighted by molar-refractivity contribution is -0.125. The van der Waals surface area contributed by atoms with Crippen LogP contribution in [0.1, 0.15) is 31.7 Å². The molecule has 0 aliphatic carbocycles. The summed E-state index contributed by atoms with van der Waals surface area (Å²) in [4.78, 5) is 12.5. The van der Waals surface area contributed by atoms with Crippen molar-refractivity contribution in [3.63, 3.8) is 0 Å². The summed E-state index contributed by atoms with van der Waals surface area (Å²) in [5.74, 6) is 1.48. The van der Waals surface area contributed by atoms with Crippen molar-refractivity contribution in [2.24, 2.45) is 0 Å². The average molecular weight is 311 g/mol. The minimum absolute atomic E-state index is 0.185. The molecule has 1 aliphatic rings. The van der Waals surface area contributed by atoms with Crippen LogP contribution in [0, 0.1) is 0 Å². The number of hydrogen-bond donors (Lipinski definition) is 1. The van der Waals surface area contributed by atoms with Gasteiger partial charge in [0, 0.05) is 5.69 Å². The molecule has 3 rings (SSSR count). The number of ether oxygens (including phenoxy) is 2. The van der Waals surface area contributed by atoms with E-state index < -0.39 is 6.10 Å². The highest BCUT2D eigenvalue weighted by Gasteiger charge is 2.27. The number of para-hydroxylation sites is 3. The molecule has 120 valence electrons. The Kier molecular flexibility index (Phi) is 4.51. The average Bonchev–Trinajstić information content (AvgIpc) is 2.61. The van der Waals surface area contributed by atoms with Gasteiger partial charge in [0.2, 0.25) is 6.10 Å². The molecule has 0 radical (unpaired) electrons. The molecule has 4 nitrogen and oxygen atoms in total. The zero-order valence-corrected chi connectivity index (χ0v) is 13.4. The van der Waals surface area contributed by atoms with Crippen LogP contribution < -0.4 is 14.8 Å². The maximum absolute atomic E-state index is 12.5. The lowest BCUT2D eigenvalue weighted by Gasteiger charge is -2.26. The summed E-state index contributed by atoms with van der Waals surface area (Å²) < 4.78 is 11.4. The highest BCUT2D eigenvalue weighted by Crippen LogP contribution is 2.32. The SMILES string of the molecule is CC[C@H](C)c1ccccc1NC(=O)[C@@H]1COc2ccccc2O1. The van der Waals surface area contributed by atoms with Crippen LogP contribution in [0.25, 0.3) is 0 Å². The lowest BCUT2D eigenvalue weighted by Crippen LogP contribution is -2.40. The van der Waals surface area contributed by atoms with Crippen LogP contribution in [0.15, 0.2) is 48.5 Å². The van der Waals surface area contributed by atoms with E-state index in [1.807, 2.05) is 42.5 Å². The minimum atomic E-state index is -0.644. The van der Waals surface area contributed by atoms with Crippen LogP contribution in [0.3, 0.4) is 0 Å². The van der Waals surface area contributed by atoms with E-state index in [9.17, 15) is 4.79 Å². The van der Waals surface area contributed by atoms with Crippen LogP contribution in [0.4, 0.5) is 5.69 Å². The van der Waals surface area contributed by atoms with Gasteiger partial charge in [0.25, 0.3) is 5.91 Å². The normalized spacial score (nSPS) is 17.4. The van der Waals surface area contributed by atoms with Crippen molar-refractivity contribution in [2.45, 2.75) is 32.3 Å². The Morgan fingerprint density at radius 1 is 1.17 bits per heavy atom. The standard InChI is InChI=1S/C19H21NO3/c1-3-13(2)14-8-4-5-9-15(14)20-19(21)18-12-22-16-10-6-7-11-17(16)23-18/h4-11,13,18H,3,12H2,1-2H3,(H,20,21)/t13-,18-/m0/s1. The Morgan fingerprint density at radius 2 is 1.87 bits per heavy atom. The molecule has 23 heavy (non-hydrogen) atoms. The summed E-state index contributed by atoms with van der Waals surface area (Å²) in [6.07, 6.45) is 0.374. The molecule has 1 heterocycles. The second-order valence-corrected chi connectivity index (χ2v) is 5.75. The third-order valence-electron chi connectivity index (χ3n) is 4.16. The number of anilines is 1. The Labute approximate surface area is 136 Å². The summed E-state index contributed by atoms with van der Waals surface area (Å²) >= 11 is 0. The quantitative estimate of drug-likeness (QED) is 0.929. The topological polar surface area (TPSA) is 47.6 Å². The molecule has 1 N–H and O–H groups in total. The van der Waals surface area contributed by atoms with Crippen LogP contribution in [-0.2, 0) is 4.79 Å². The fourth-order valence-electron chi connectivity index (χ4n) is 2.62. The first kappa shape index (κ1) is 15.4. The maximum atomic E-state index is 12.5. The summed E-state index contributed by atoms with van der Waals surface area (Å²) in [7, 11) is 0. The van der Waals surface area contributed by atoms with E-state index in [1.165, 1.54) is 0 Å². The first-order valence-corrected chi connectivity index (χ1v) is 7.97. The van der Waals surface area contributed by atoms with Gasteiger partial charge in [-0.25, -0.2) is 0 Å². The van der Waals surface area contributed by atoms with Gasteiger partial charge >= 0.3 is 0 Å². The molecule has 0 fully saturated rings. The fourth-order valence-corrected chi connectivity index (χ4v) is 2.62. The highest BCUT2D eigenvalue weighted by atomic mass is 16.6. The van der Waals surface area contributed by atoms with E-state index in [2.05, 4.69) is 25.2 Å². The monoisotopic (exact) mass is 311 g/mol. The second kappa shape index (κ2) is 6.73. The van der Waals surface area contributed by atoms with Crippen molar-refractivity contribution in [3.05, 3.63) is 54.1 Å². The molecule has 0 saturated heterocycles. The molecule has 0 saturated carbocycles. The Bertz CT molecular complexity index is 699. The van der Waals surface area contributed by atoms with Gasteiger partial charge in [-0.3, -0.25) is 4.79 Å². The van der Waals surface area contributed by atoms with Gasteiger partial charge in [-0.15, -0.1) is 0 Å². The molecule has 2 atom stereocenters. The molecule has 4 heteroatoms. The van der Waals surface area contributed by atoms with Crippen molar-refractivity contribution in [2.75, 3.05) is 11.9 Å². The van der Waals surface area contributed by atoms with Gasteiger partial charge in [-0.05, 0) is 36.1 Å². The Balaban J connectivity index is 1.74. The first-order valence-electron chi connectivity index (χ1n) is 7.97. The van der Waals surface area contributed by atoms with E-state index in [0.29, 0.717) is 17.4 Å². The van der Waals surface area contributed by atoms with Crippen molar-refractivity contribution in [3.8, 4) is 11.5 Å². The predicted octanol–water partition coefficient (Wildman–Crippen LogP) is 3.98. The van der Waals surface area contributed by atoms with Crippen LogP contribution in [0.2, 0.25) is 0 Å². The zero-order valence-electron chi connectivity index (χ0n) is 13.4. The minimum Gasteiger partial charge on any atom is -0.485 e. The molecule has 1 amide bonds. The predicted molar refractivity (Wildman–Crippen MR) is 90.1 cm³/mol. The van der Waals surface area contributed by atoms with E-state index in [0.717, 1.165) is 17.7 Å². The maximum Gasteiger partial charge on any atom is 0.269 e. The van der Waals surface area contributed by atoms with Crippen LogP contribution >= 0.6 is 0 Å². The number of amides is 1. The van der Waals surface area contributed by atoms with Crippen molar-refractivity contribution in [1.29, 1.82) is 0 Å². The molecule has 2 aromatic rings. The molecule has 0 spiro atoms. The van der Waals surface area contributed by atoms with Gasteiger partial charge < -0.3 is 14.8 Å². The molecule has 2 aromatic carbocycles. The molecular formula is C19H21NO3. The van der Waals surface area contributed by atoms with E-state index in [4.69, 9.17) is 9.47 Å². The van der Waals surface area contributed by atoms with E-state index in [-0.39, 0.29) is 12.5 Å². The van der Waals surface area contributed by atoms with Gasteiger partial charge in [-0.2, -0.15) is 0 Å². The molecule has 0 aromatic heterocycles. The number of rotatable bonds is 4. The summed E-state index contributed by atoms with van der Waals surface area (Å²) in [6, 6.07) is 15.3. The first-order chi connectivity index (χ1) is 11.2. The zero-order chi connectivity index (χ0) is 16.2. The van der Waals surface area contributed by atoms with Crippen LogP contribution in [0.5, 0.6) is 11.5 Å². The number of carbonyl (C=O) groups is 1. The molecule has 1 aliphatic heterocycles. The highest BCUT2D eigenvalue weighted by molar-refractivity contribution is 5.95. The molecular weight excluding hydrogens is 290 g/mol. The number of nitrogens with one attached hydrogen (secondary N) is 1. The van der Waals surface area contributed by atoms with Crippen molar-refractivity contribution in [1.82, 2.24) is 0 Å². The second-order valence-electron chi connectivity index (χ2n) is 5.75. The summed E-state index contributed by atoms with van der Waals surface area (Å²) in [5.41, 5.74) is 1.98. The van der Waals surface area contributed by atoms with Gasteiger partial charge in [0.15, 0.2) is 11.5 Å². The number of hydrogen-bond acceptors (Lipinski definition) is 3. The summed E-state index contributed by atoms with van der Waals surface area (Å²) in [5, 5.41) is 2.98. The smallest absolute Gasteiger partial charge is 0.269 e. The molecule has 0 unspecified atom stereocenters. The van der Waals surface area contributed by atoms with Gasteiger partial charge in [0.05, 0.1) is 0 Å². The summed E-state index contributed by atoms with van der Waals surface area (Å²) in [6.45, 7) is 4.51. The number of fused-ring (bicyclic) bond motifs is 1. The van der Waals surface area contributed by atoms with Gasteiger partial charge in [-0.1, -0.05) is 44.2 Å². The van der Waals surface area contributed by atoms with Crippen molar-refractivity contribution < 1.29 is 14.3 Å². The van der Waals surface area contributed by atoms with Crippen LogP contribution in [-0.4, -0.2) is 18.6 Å². The molecule has 0 bridgehead atoms. The Hall–Kier alpha value is -2.49.